The number of nitrogens with zero attached hydrogens (tertiary/aromatic N) is 1. The van der Waals surface area contributed by atoms with Crippen LogP contribution in [0.4, 0.5) is 4.39 Å². The zero-order valence-electron chi connectivity index (χ0n) is 18.4. The quantitative estimate of drug-likeness (QED) is 0.360. The van der Waals surface area contributed by atoms with Crippen LogP contribution in [0.5, 0.6) is 0 Å². The molecule has 8 heteroatoms. The molecule has 3 aromatic rings. The maximum absolute atomic E-state index is 13.8. The maximum Gasteiger partial charge on any atom is 0.251 e. The van der Waals surface area contributed by atoms with Crippen LogP contribution in [0, 0.1) is 5.82 Å². The Hall–Kier alpha value is -2.48. The molecule has 1 atom stereocenters. The molecule has 1 saturated heterocycles. The summed E-state index contributed by atoms with van der Waals surface area (Å²) in [7, 11) is 0. The smallest absolute Gasteiger partial charge is 0.251 e. The highest BCUT2D eigenvalue weighted by Gasteiger charge is 2.32. The molecule has 1 aliphatic rings. The zero-order valence-corrected chi connectivity index (χ0v) is 20.8. The highest BCUT2D eigenvalue weighted by atomic mass is 35.5. The van der Waals surface area contributed by atoms with Gasteiger partial charge in [0.05, 0.1) is 5.75 Å². The lowest BCUT2D eigenvalue weighted by atomic mass is 10.1. The van der Waals surface area contributed by atoms with Crippen LogP contribution in [0.3, 0.4) is 0 Å². The number of rotatable bonds is 9. The van der Waals surface area contributed by atoms with E-state index in [-0.39, 0.29) is 23.0 Å². The summed E-state index contributed by atoms with van der Waals surface area (Å²) in [4.78, 5) is 26.8. The SMILES string of the molecule is O=C(NCCSCc1c(F)cccc1Cl)c1ccc([C@H]2SCC(=O)N2Cc2ccccc2)cc1. The van der Waals surface area contributed by atoms with Crippen molar-refractivity contribution >= 4 is 46.9 Å². The molecular formula is C26H24ClFN2O2S2. The number of carbonyl (C=O) groups is 2. The van der Waals surface area contributed by atoms with Gasteiger partial charge in [-0.3, -0.25) is 9.59 Å². The first kappa shape index (κ1) is 24.6. The summed E-state index contributed by atoms with van der Waals surface area (Å²) in [6.45, 7) is 1.03. The summed E-state index contributed by atoms with van der Waals surface area (Å²) >= 11 is 9.16. The van der Waals surface area contributed by atoms with E-state index < -0.39 is 0 Å². The molecule has 1 fully saturated rings. The third-order valence-electron chi connectivity index (χ3n) is 5.46. The Morgan fingerprint density at radius 3 is 2.59 bits per heavy atom. The van der Waals surface area contributed by atoms with Gasteiger partial charge < -0.3 is 10.2 Å². The van der Waals surface area contributed by atoms with Gasteiger partial charge in [-0.1, -0.05) is 60.1 Å². The molecular weight excluding hydrogens is 491 g/mol. The van der Waals surface area contributed by atoms with E-state index >= 15 is 0 Å². The van der Waals surface area contributed by atoms with Crippen molar-refractivity contribution in [1.29, 1.82) is 0 Å². The Morgan fingerprint density at radius 2 is 1.85 bits per heavy atom. The monoisotopic (exact) mass is 514 g/mol. The van der Waals surface area contributed by atoms with Gasteiger partial charge in [0.2, 0.25) is 5.91 Å². The largest absolute Gasteiger partial charge is 0.351 e. The van der Waals surface area contributed by atoms with Crippen LogP contribution in [0.1, 0.15) is 32.4 Å². The first-order valence-electron chi connectivity index (χ1n) is 10.9. The third-order valence-corrected chi connectivity index (χ3v) is 8.06. The lowest BCUT2D eigenvalue weighted by molar-refractivity contribution is -0.128. The molecule has 0 saturated carbocycles. The standard InChI is InChI=1S/C26H24ClFN2O2S2/c27-22-7-4-8-23(28)21(22)16-33-14-13-29-25(32)19-9-11-20(12-10-19)26-30(24(31)17-34-26)15-18-5-2-1-3-6-18/h1-12,26H,13-17H2,(H,29,32)/t26-/m1/s1. The van der Waals surface area contributed by atoms with E-state index in [0.29, 0.717) is 46.5 Å². The van der Waals surface area contributed by atoms with Gasteiger partial charge in [0.1, 0.15) is 11.2 Å². The maximum atomic E-state index is 13.8. The molecule has 2 amide bonds. The van der Waals surface area contributed by atoms with E-state index in [1.807, 2.05) is 47.4 Å². The van der Waals surface area contributed by atoms with Crippen molar-refractivity contribution in [3.63, 3.8) is 0 Å². The summed E-state index contributed by atoms with van der Waals surface area (Å²) in [6, 6.07) is 22.0. The average Bonchev–Trinajstić information content (AvgIpc) is 3.21. The fourth-order valence-electron chi connectivity index (χ4n) is 3.66. The van der Waals surface area contributed by atoms with Crippen molar-refractivity contribution < 1.29 is 14.0 Å². The Balaban J connectivity index is 1.28. The Labute approximate surface area is 212 Å². The summed E-state index contributed by atoms with van der Waals surface area (Å²) < 4.78 is 13.8. The number of benzene rings is 3. The summed E-state index contributed by atoms with van der Waals surface area (Å²) in [6.07, 6.45) is 0. The second kappa shape index (κ2) is 11.8. The number of halogens is 2. The van der Waals surface area contributed by atoms with E-state index in [4.69, 9.17) is 11.6 Å². The first-order chi connectivity index (χ1) is 16.5. The van der Waals surface area contributed by atoms with Crippen LogP contribution in [-0.4, -0.2) is 34.8 Å². The van der Waals surface area contributed by atoms with Crippen LogP contribution >= 0.6 is 35.1 Å². The molecule has 0 radical (unpaired) electrons. The molecule has 0 spiro atoms. The average molecular weight is 515 g/mol. The number of nitrogens with one attached hydrogen (secondary N) is 1. The van der Waals surface area contributed by atoms with Crippen molar-refractivity contribution in [2.75, 3.05) is 18.1 Å². The topological polar surface area (TPSA) is 49.4 Å². The molecule has 4 rings (SSSR count). The number of hydrogen-bond donors (Lipinski definition) is 1. The number of amides is 2. The van der Waals surface area contributed by atoms with Crippen LogP contribution in [0.25, 0.3) is 0 Å². The van der Waals surface area contributed by atoms with Crippen molar-refractivity contribution in [3.05, 3.63) is 106 Å². The molecule has 1 heterocycles. The lowest BCUT2D eigenvalue weighted by Crippen LogP contribution is -2.28. The van der Waals surface area contributed by atoms with Crippen LogP contribution < -0.4 is 5.32 Å². The van der Waals surface area contributed by atoms with Gasteiger partial charge in [0, 0.05) is 40.7 Å². The molecule has 34 heavy (non-hydrogen) atoms. The highest BCUT2D eigenvalue weighted by molar-refractivity contribution is 8.00. The summed E-state index contributed by atoms with van der Waals surface area (Å²) in [5.74, 6) is 1.20. The van der Waals surface area contributed by atoms with E-state index in [9.17, 15) is 14.0 Å². The van der Waals surface area contributed by atoms with Crippen LogP contribution in [-0.2, 0) is 17.1 Å². The number of hydrogen-bond acceptors (Lipinski definition) is 4. The minimum atomic E-state index is -0.311. The fourth-order valence-corrected chi connectivity index (χ4v) is 6.05. The Bertz CT molecular complexity index is 1130. The molecule has 4 nitrogen and oxygen atoms in total. The molecule has 0 aliphatic carbocycles. The molecule has 0 unspecified atom stereocenters. The van der Waals surface area contributed by atoms with Gasteiger partial charge >= 0.3 is 0 Å². The molecule has 1 N–H and O–H groups in total. The zero-order chi connectivity index (χ0) is 23.9. The van der Waals surface area contributed by atoms with E-state index in [1.54, 1.807) is 36.0 Å². The van der Waals surface area contributed by atoms with Gasteiger partial charge in [0.25, 0.3) is 5.91 Å². The Morgan fingerprint density at radius 1 is 1.09 bits per heavy atom. The van der Waals surface area contributed by atoms with Crippen molar-refractivity contribution in [2.24, 2.45) is 0 Å². The van der Waals surface area contributed by atoms with Gasteiger partial charge in [-0.25, -0.2) is 4.39 Å². The molecule has 1 aliphatic heterocycles. The molecule has 3 aromatic carbocycles. The Kier molecular flexibility index (Phi) is 8.53. The minimum Gasteiger partial charge on any atom is -0.351 e. The van der Waals surface area contributed by atoms with Crippen molar-refractivity contribution in [1.82, 2.24) is 10.2 Å². The predicted molar refractivity (Wildman–Crippen MR) is 139 cm³/mol. The van der Waals surface area contributed by atoms with Gasteiger partial charge in [-0.05, 0) is 35.4 Å². The molecule has 176 valence electrons. The molecule has 0 aromatic heterocycles. The first-order valence-corrected chi connectivity index (χ1v) is 13.4. The van der Waals surface area contributed by atoms with Crippen LogP contribution in [0.15, 0.2) is 72.8 Å². The van der Waals surface area contributed by atoms with E-state index in [2.05, 4.69) is 5.32 Å². The van der Waals surface area contributed by atoms with Gasteiger partial charge in [-0.15, -0.1) is 11.8 Å². The van der Waals surface area contributed by atoms with E-state index in [1.165, 1.54) is 17.8 Å². The third kappa shape index (κ3) is 6.14. The van der Waals surface area contributed by atoms with Gasteiger partial charge in [-0.2, -0.15) is 11.8 Å². The molecule has 0 bridgehead atoms. The van der Waals surface area contributed by atoms with Crippen LogP contribution in [0.2, 0.25) is 5.02 Å². The van der Waals surface area contributed by atoms with E-state index in [0.717, 1.165) is 11.1 Å². The van der Waals surface area contributed by atoms with Gasteiger partial charge in [0.15, 0.2) is 0 Å². The normalized spacial score (nSPS) is 15.5. The summed E-state index contributed by atoms with van der Waals surface area (Å²) in [5, 5.41) is 3.25. The second-order valence-electron chi connectivity index (χ2n) is 7.80. The minimum absolute atomic E-state index is 0.0635. The summed E-state index contributed by atoms with van der Waals surface area (Å²) in [5.41, 5.74) is 3.14. The van der Waals surface area contributed by atoms with Crippen molar-refractivity contribution in [2.45, 2.75) is 17.7 Å². The second-order valence-corrected chi connectivity index (χ2v) is 10.4. The number of carbonyl (C=O) groups excluding carboxylic acids is 2. The predicted octanol–water partition coefficient (Wildman–Crippen LogP) is 5.92. The highest BCUT2D eigenvalue weighted by Crippen LogP contribution is 2.39. The number of thioether (sulfide) groups is 2. The lowest BCUT2D eigenvalue weighted by Gasteiger charge is -2.24. The fraction of sp³-hybridized carbons (Fsp3) is 0.231. The van der Waals surface area contributed by atoms with Crippen molar-refractivity contribution in [3.8, 4) is 0 Å².